The van der Waals surface area contributed by atoms with Crippen LogP contribution in [0, 0.1) is 5.41 Å². The topological polar surface area (TPSA) is 59.5 Å². The maximum absolute atomic E-state index is 5.80. The highest BCUT2D eigenvalue weighted by Crippen LogP contribution is 2.46. The van der Waals surface area contributed by atoms with E-state index in [0.29, 0.717) is 5.41 Å². The number of hydrogen-bond acceptors (Lipinski definition) is 5. The van der Waals surface area contributed by atoms with Crippen LogP contribution in [0.2, 0.25) is 0 Å². The minimum Gasteiger partial charge on any atom is -0.399 e. The zero-order chi connectivity index (χ0) is 18.3. The second-order valence-electron chi connectivity index (χ2n) is 7.91. The Morgan fingerprint density at radius 3 is 2.44 bits per heavy atom. The second-order valence-corrected chi connectivity index (χ2v) is 9.02. The van der Waals surface area contributed by atoms with E-state index in [-0.39, 0.29) is 0 Å². The fraction of sp³-hybridized carbons (Fsp3) is 0.429. The quantitative estimate of drug-likeness (QED) is 0.673. The lowest BCUT2D eigenvalue weighted by Gasteiger charge is -2.39. The number of hydrogen-bond donors (Lipinski definition) is 1. The first-order valence-electron chi connectivity index (χ1n) is 9.83. The van der Waals surface area contributed by atoms with Crippen LogP contribution >= 0.6 is 11.8 Å². The van der Waals surface area contributed by atoms with Gasteiger partial charge in [0.2, 0.25) is 5.95 Å². The minimum absolute atomic E-state index is 0.621. The van der Waals surface area contributed by atoms with Crippen molar-refractivity contribution >= 4 is 29.0 Å². The molecule has 2 aliphatic rings. The number of benzene rings is 1. The van der Waals surface area contributed by atoms with Crippen molar-refractivity contribution in [2.45, 2.75) is 48.3 Å². The van der Waals surface area contributed by atoms with Gasteiger partial charge >= 0.3 is 0 Å². The molecule has 5 nitrogen and oxygen atoms in total. The molecule has 2 aromatic heterocycles. The Kier molecular flexibility index (Phi) is 4.23. The van der Waals surface area contributed by atoms with E-state index in [1.165, 1.54) is 38.5 Å². The van der Waals surface area contributed by atoms with Crippen molar-refractivity contribution in [2.75, 3.05) is 23.7 Å². The molecule has 0 radical (unpaired) electrons. The molecule has 0 bridgehead atoms. The van der Waals surface area contributed by atoms with Gasteiger partial charge in [-0.05, 0) is 55.4 Å². The van der Waals surface area contributed by atoms with E-state index in [9.17, 15) is 0 Å². The van der Waals surface area contributed by atoms with E-state index < -0.39 is 0 Å². The molecule has 2 fully saturated rings. The fourth-order valence-electron chi connectivity index (χ4n) is 4.66. The third kappa shape index (κ3) is 3.16. The largest absolute Gasteiger partial charge is 0.399 e. The molecular formula is C21H25N5S. The maximum atomic E-state index is 5.80. The highest BCUT2D eigenvalue weighted by Gasteiger charge is 2.37. The molecule has 0 amide bonds. The van der Waals surface area contributed by atoms with Gasteiger partial charge < -0.3 is 10.6 Å². The van der Waals surface area contributed by atoms with Gasteiger partial charge in [-0.3, -0.25) is 4.40 Å². The molecule has 3 heterocycles. The zero-order valence-corrected chi connectivity index (χ0v) is 16.3. The summed E-state index contributed by atoms with van der Waals surface area (Å²) in [6, 6.07) is 7.94. The molecule has 27 heavy (non-hydrogen) atoms. The Bertz CT molecular complexity index is 933. The normalized spacial score (nSPS) is 19.2. The highest BCUT2D eigenvalue weighted by molar-refractivity contribution is 7.99. The van der Waals surface area contributed by atoms with Gasteiger partial charge in [0.05, 0.1) is 4.90 Å². The minimum atomic E-state index is 0.621. The number of piperidine rings is 1. The number of nitrogens with zero attached hydrogens (tertiary/aromatic N) is 4. The summed E-state index contributed by atoms with van der Waals surface area (Å²) in [6.45, 7) is 2.20. The van der Waals surface area contributed by atoms with Crippen LogP contribution in [-0.2, 0) is 0 Å². The predicted octanol–water partition coefficient (Wildman–Crippen LogP) is 4.62. The average molecular weight is 380 g/mol. The summed E-state index contributed by atoms with van der Waals surface area (Å²) >= 11 is 1.68. The first-order valence-corrected chi connectivity index (χ1v) is 10.6. The molecule has 1 spiro atoms. The highest BCUT2D eigenvalue weighted by atomic mass is 32.2. The predicted molar refractivity (Wildman–Crippen MR) is 110 cm³/mol. The lowest BCUT2D eigenvalue weighted by atomic mass is 9.77. The fourth-order valence-corrected chi connectivity index (χ4v) is 5.53. The van der Waals surface area contributed by atoms with E-state index in [4.69, 9.17) is 10.7 Å². The summed E-state index contributed by atoms with van der Waals surface area (Å²) in [6.07, 6.45) is 14.2. The number of nitrogens with two attached hydrogens (primary N) is 1. The number of aromatic nitrogens is 3. The summed E-state index contributed by atoms with van der Waals surface area (Å²) in [4.78, 5) is 14.1. The molecule has 3 aromatic rings. The van der Waals surface area contributed by atoms with Crippen LogP contribution in [-0.4, -0.2) is 27.5 Å². The van der Waals surface area contributed by atoms with Gasteiger partial charge in [0.25, 0.3) is 0 Å². The molecule has 2 N–H and O–H groups in total. The van der Waals surface area contributed by atoms with Gasteiger partial charge in [-0.1, -0.05) is 24.6 Å². The SMILES string of the molecule is Nc1ccc(Sc2cnc(N3CCC4(CCCC4)CC3)n3ccnc23)cc1. The Morgan fingerprint density at radius 2 is 1.70 bits per heavy atom. The molecule has 140 valence electrons. The zero-order valence-electron chi connectivity index (χ0n) is 15.5. The molecule has 5 rings (SSSR count). The lowest BCUT2D eigenvalue weighted by molar-refractivity contribution is 0.225. The Morgan fingerprint density at radius 1 is 0.963 bits per heavy atom. The molecule has 6 heteroatoms. The summed E-state index contributed by atoms with van der Waals surface area (Å²) < 4.78 is 2.15. The third-order valence-corrected chi connectivity index (χ3v) is 7.27. The van der Waals surface area contributed by atoms with E-state index in [0.717, 1.165) is 40.2 Å². The molecular weight excluding hydrogens is 354 g/mol. The number of fused-ring (bicyclic) bond motifs is 1. The van der Waals surface area contributed by atoms with Crippen LogP contribution in [0.4, 0.5) is 11.6 Å². The second kappa shape index (κ2) is 6.75. The van der Waals surface area contributed by atoms with Gasteiger partial charge in [-0.25, -0.2) is 9.97 Å². The Balaban J connectivity index is 1.40. The summed E-state index contributed by atoms with van der Waals surface area (Å²) in [5, 5.41) is 0. The van der Waals surface area contributed by atoms with Crippen LogP contribution in [0.3, 0.4) is 0 Å². The average Bonchev–Trinajstić information content (AvgIpc) is 3.35. The van der Waals surface area contributed by atoms with Gasteiger partial charge in [-0.15, -0.1) is 0 Å². The summed E-state index contributed by atoms with van der Waals surface area (Å²) in [5.41, 5.74) is 8.17. The maximum Gasteiger partial charge on any atom is 0.211 e. The van der Waals surface area contributed by atoms with E-state index in [1.807, 2.05) is 42.9 Å². The first-order chi connectivity index (χ1) is 13.2. The molecule has 1 aromatic carbocycles. The van der Waals surface area contributed by atoms with Crippen molar-refractivity contribution in [1.82, 2.24) is 14.4 Å². The van der Waals surface area contributed by atoms with Crippen LogP contribution in [0.15, 0.2) is 52.6 Å². The van der Waals surface area contributed by atoms with Gasteiger partial charge in [0, 0.05) is 42.3 Å². The van der Waals surface area contributed by atoms with Crippen LogP contribution in [0.1, 0.15) is 38.5 Å². The molecule has 1 saturated heterocycles. The third-order valence-electron chi connectivity index (χ3n) is 6.25. The monoisotopic (exact) mass is 379 g/mol. The van der Waals surface area contributed by atoms with Crippen molar-refractivity contribution < 1.29 is 0 Å². The molecule has 0 unspecified atom stereocenters. The number of rotatable bonds is 3. The van der Waals surface area contributed by atoms with E-state index in [2.05, 4.69) is 14.3 Å². The Labute approximate surface area is 164 Å². The van der Waals surface area contributed by atoms with Crippen molar-refractivity contribution in [2.24, 2.45) is 5.41 Å². The van der Waals surface area contributed by atoms with E-state index >= 15 is 0 Å². The number of imidazole rings is 1. The van der Waals surface area contributed by atoms with Crippen LogP contribution in [0.25, 0.3) is 5.65 Å². The van der Waals surface area contributed by atoms with Crippen LogP contribution < -0.4 is 10.6 Å². The van der Waals surface area contributed by atoms with Crippen LogP contribution in [0.5, 0.6) is 0 Å². The summed E-state index contributed by atoms with van der Waals surface area (Å²) in [7, 11) is 0. The molecule has 0 atom stereocenters. The van der Waals surface area contributed by atoms with Crippen molar-refractivity contribution in [3.63, 3.8) is 0 Å². The first kappa shape index (κ1) is 16.9. The van der Waals surface area contributed by atoms with E-state index in [1.54, 1.807) is 11.8 Å². The van der Waals surface area contributed by atoms with Crippen molar-refractivity contribution in [3.8, 4) is 0 Å². The summed E-state index contributed by atoms with van der Waals surface area (Å²) in [5.74, 6) is 1.03. The number of nitrogen functional groups attached to an aromatic ring is 1. The van der Waals surface area contributed by atoms with Gasteiger partial charge in [0.1, 0.15) is 0 Å². The van der Waals surface area contributed by atoms with Gasteiger partial charge in [0.15, 0.2) is 5.65 Å². The standard InChI is InChI=1S/C21H25N5S/c22-16-3-5-17(6-4-16)27-18-15-24-20(26-14-11-23-19(18)26)25-12-9-21(10-13-25)7-1-2-8-21/h3-6,11,14-15H,1-2,7-10,12-13,22H2. The van der Waals surface area contributed by atoms with Crippen molar-refractivity contribution in [3.05, 3.63) is 42.9 Å². The molecule has 1 saturated carbocycles. The lowest BCUT2D eigenvalue weighted by Crippen LogP contribution is -2.40. The van der Waals surface area contributed by atoms with Crippen molar-refractivity contribution in [1.29, 1.82) is 0 Å². The molecule has 1 aliphatic carbocycles. The Hall–Kier alpha value is -2.21. The van der Waals surface area contributed by atoms with Gasteiger partial charge in [-0.2, -0.15) is 0 Å². The smallest absolute Gasteiger partial charge is 0.211 e. The molecule has 1 aliphatic heterocycles. The number of anilines is 2.